The number of rotatable bonds is 2. The summed E-state index contributed by atoms with van der Waals surface area (Å²) >= 11 is 0. The van der Waals surface area contributed by atoms with Gasteiger partial charge in [0.2, 0.25) is 0 Å². The summed E-state index contributed by atoms with van der Waals surface area (Å²) in [6, 6.07) is 32.2. The summed E-state index contributed by atoms with van der Waals surface area (Å²) < 4.78 is 0. The molecule has 0 unspecified atom stereocenters. The molecule has 0 radical (unpaired) electrons. The van der Waals surface area contributed by atoms with Gasteiger partial charge in [0.05, 0.1) is 11.4 Å². The Morgan fingerprint density at radius 2 is 0.769 bits per heavy atom. The van der Waals surface area contributed by atoms with Crippen LogP contribution in [0.1, 0.15) is 0 Å². The number of hydrazine groups is 1. The SMILES string of the molecule is NN.c1ccc(-c2ccccn2)cc1.c1ccc(-c2ccccn2)cc1. The first-order valence-electron chi connectivity index (χ1n) is 8.20. The lowest BCUT2D eigenvalue weighted by atomic mass is 10.1. The molecule has 0 amide bonds. The summed E-state index contributed by atoms with van der Waals surface area (Å²) in [6.45, 7) is 0. The van der Waals surface area contributed by atoms with E-state index in [2.05, 4.69) is 45.9 Å². The van der Waals surface area contributed by atoms with Crippen molar-refractivity contribution in [3.05, 3.63) is 109 Å². The van der Waals surface area contributed by atoms with Crippen LogP contribution in [0.15, 0.2) is 109 Å². The van der Waals surface area contributed by atoms with Gasteiger partial charge in [-0.3, -0.25) is 21.7 Å². The van der Waals surface area contributed by atoms with Gasteiger partial charge in [-0.05, 0) is 24.3 Å². The second-order valence-corrected chi connectivity index (χ2v) is 5.16. The maximum atomic E-state index is 4.25. The zero-order chi connectivity index (χ0) is 18.5. The molecule has 4 rings (SSSR count). The van der Waals surface area contributed by atoms with Gasteiger partial charge in [-0.25, -0.2) is 0 Å². The van der Waals surface area contributed by atoms with E-state index in [4.69, 9.17) is 0 Å². The summed E-state index contributed by atoms with van der Waals surface area (Å²) in [5, 5.41) is 0. The van der Waals surface area contributed by atoms with E-state index in [1.807, 2.05) is 85.2 Å². The molecule has 0 aliphatic rings. The van der Waals surface area contributed by atoms with Crippen LogP contribution in [0.5, 0.6) is 0 Å². The second-order valence-electron chi connectivity index (χ2n) is 5.16. The Hall–Kier alpha value is -3.34. The van der Waals surface area contributed by atoms with Gasteiger partial charge in [0.25, 0.3) is 0 Å². The summed E-state index contributed by atoms with van der Waals surface area (Å²) in [5.41, 5.74) is 4.38. The minimum absolute atomic E-state index is 1.03. The molecule has 4 aromatic rings. The molecule has 0 saturated carbocycles. The number of hydrogen-bond donors (Lipinski definition) is 2. The number of nitrogens with zero attached hydrogens (tertiary/aromatic N) is 2. The molecule has 2 aromatic heterocycles. The molecule has 4 N–H and O–H groups in total. The van der Waals surface area contributed by atoms with Crippen LogP contribution in [-0.4, -0.2) is 9.97 Å². The van der Waals surface area contributed by atoms with Crippen LogP contribution in [0, 0.1) is 0 Å². The fourth-order valence-corrected chi connectivity index (χ4v) is 2.28. The van der Waals surface area contributed by atoms with E-state index in [0.29, 0.717) is 0 Å². The minimum atomic E-state index is 1.03. The lowest BCUT2D eigenvalue weighted by molar-refractivity contribution is 1.26. The maximum absolute atomic E-state index is 4.25. The number of hydrogen-bond acceptors (Lipinski definition) is 4. The van der Waals surface area contributed by atoms with Crippen LogP contribution in [-0.2, 0) is 0 Å². The highest BCUT2D eigenvalue weighted by atomic mass is 15.0. The van der Waals surface area contributed by atoms with E-state index in [1.165, 1.54) is 0 Å². The van der Waals surface area contributed by atoms with Gasteiger partial charge in [-0.1, -0.05) is 72.8 Å². The molecule has 2 heterocycles. The van der Waals surface area contributed by atoms with Gasteiger partial charge in [0.1, 0.15) is 0 Å². The number of benzene rings is 2. The summed E-state index contributed by atoms with van der Waals surface area (Å²) in [7, 11) is 0. The molecule has 4 nitrogen and oxygen atoms in total. The Morgan fingerprint density at radius 3 is 1.08 bits per heavy atom. The Bertz CT molecular complexity index is 686. The first-order chi connectivity index (χ1) is 12.9. The highest BCUT2D eigenvalue weighted by molar-refractivity contribution is 5.58. The molecule has 0 aliphatic carbocycles. The van der Waals surface area contributed by atoms with E-state index in [0.717, 1.165) is 22.5 Å². The predicted molar refractivity (Wildman–Crippen MR) is 108 cm³/mol. The fourth-order valence-electron chi connectivity index (χ4n) is 2.28. The Balaban J connectivity index is 0.000000171. The van der Waals surface area contributed by atoms with Crippen LogP contribution in [0.25, 0.3) is 22.5 Å². The van der Waals surface area contributed by atoms with Gasteiger partial charge in [0, 0.05) is 23.5 Å². The minimum Gasteiger partial charge on any atom is -0.274 e. The third-order valence-corrected chi connectivity index (χ3v) is 3.47. The van der Waals surface area contributed by atoms with Gasteiger partial charge in [0.15, 0.2) is 0 Å². The number of aromatic nitrogens is 2. The third-order valence-electron chi connectivity index (χ3n) is 3.47. The molecular weight excluding hydrogens is 320 g/mol. The molecule has 4 heteroatoms. The van der Waals surface area contributed by atoms with Crippen molar-refractivity contribution in [1.29, 1.82) is 0 Å². The summed E-state index contributed by atoms with van der Waals surface area (Å²) in [5.74, 6) is 8.00. The van der Waals surface area contributed by atoms with Gasteiger partial charge in [-0.15, -0.1) is 0 Å². The van der Waals surface area contributed by atoms with E-state index in [9.17, 15) is 0 Å². The second kappa shape index (κ2) is 11.3. The van der Waals surface area contributed by atoms with E-state index in [-0.39, 0.29) is 0 Å². The first kappa shape index (κ1) is 19.0. The highest BCUT2D eigenvalue weighted by Crippen LogP contribution is 2.15. The van der Waals surface area contributed by atoms with Crippen molar-refractivity contribution >= 4 is 0 Å². The number of pyridine rings is 2. The molecule has 0 bridgehead atoms. The summed E-state index contributed by atoms with van der Waals surface area (Å²) in [6.07, 6.45) is 3.62. The van der Waals surface area contributed by atoms with E-state index >= 15 is 0 Å². The lowest BCUT2D eigenvalue weighted by Gasteiger charge is -1.97. The van der Waals surface area contributed by atoms with Crippen molar-refractivity contribution in [3.63, 3.8) is 0 Å². The fraction of sp³-hybridized carbons (Fsp3) is 0. The Labute approximate surface area is 154 Å². The van der Waals surface area contributed by atoms with Crippen molar-refractivity contribution in [1.82, 2.24) is 9.97 Å². The van der Waals surface area contributed by atoms with E-state index in [1.54, 1.807) is 0 Å². The normalized spacial score (nSPS) is 9.15. The highest BCUT2D eigenvalue weighted by Gasteiger charge is 1.94. The monoisotopic (exact) mass is 342 g/mol. The molecule has 0 saturated heterocycles. The van der Waals surface area contributed by atoms with Crippen molar-refractivity contribution in [2.45, 2.75) is 0 Å². The van der Waals surface area contributed by atoms with Crippen molar-refractivity contribution in [2.24, 2.45) is 11.7 Å². The van der Waals surface area contributed by atoms with Crippen molar-refractivity contribution in [3.8, 4) is 22.5 Å². The average Bonchev–Trinajstić information content (AvgIpc) is 2.78. The van der Waals surface area contributed by atoms with Crippen molar-refractivity contribution < 1.29 is 0 Å². The standard InChI is InChI=1S/2C11H9N.H4N2/c2*1-2-6-10(7-3-1)11-8-4-5-9-12-11;1-2/h2*1-9H;1-2H2. The number of nitrogens with two attached hydrogens (primary N) is 2. The maximum Gasteiger partial charge on any atom is 0.0701 e. The quantitative estimate of drug-likeness (QED) is 0.420. The topological polar surface area (TPSA) is 77.8 Å². The molecule has 0 atom stereocenters. The van der Waals surface area contributed by atoms with Crippen LogP contribution < -0.4 is 11.7 Å². The third kappa shape index (κ3) is 5.94. The smallest absolute Gasteiger partial charge is 0.0701 e. The van der Waals surface area contributed by atoms with Crippen LogP contribution in [0.3, 0.4) is 0 Å². The predicted octanol–water partition coefficient (Wildman–Crippen LogP) is 4.32. The van der Waals surface area contributed by atoms with Crippen molar-refractivity contribution in [2.75, 3.05) is 0 Å². The zero-order valence-corrected chi connectivity index (χ0v) is 14.4. The lowest BCUT2D eigenvalue weighted by Crippen LogP contribution is -2.02. The Morgan fingerprint density at radius 1 is 0.423 bits per heavy atom. The molecule has 0 spiro atoms. The molecular formula is C22H22N4. The van der Waals surface area contributed by atoms with Crippen LogP contribution >= 0.6 is 0 Å². The zero-order valence-electron chi connectivity index (χ0n) is 14.4. The molecule has 0 fully saturated rings. The molecule has 26 heavy (non-hydrogen) atoms. The summed E-state index contributed by atoms with van der Waals surface area (Å²) in [4.78, 5) is 8.50. The first-order valence-corrected chi connectivity index (χ1v) is 8.20. The van der Waals surface area contributed by atoms with Crippen LogP contribution in [0.4, 0.5) is 0 Å². The van der Waals surface area contributed by atoms with E-state index < -0.39 is 0 Å². The van der Waals surface area contributed by atoms with Gasteiger partial charge >= 0.3 is 0 Å². The Kier molecular flexibility index (Phi) is 8.22. The molecule has 130 valence electrons. The van der Waals surface area contributed by atoms with Gasteiger partial charge in [-0.2, -0.15) is 0 Å². The van der Waals surface area contributed by atoms with Crippen LogP contribution in [0.2, 0.25) is 0 Å². The molecule has 0 aliphatic heterocycles. The largest absolute Gasteiger partial charge is 0.274 e. The average molecular weight is 342 g/mol. The van der Waals surface area contributed by atoms with Gasteiger partial charge < -0.3 is 0 Å². The molecule has 2 aromatic carbocycles.